The normalized spacial score (nSPS) is 12.9. The molecular weight excluding hydrogens is 256 g/mol. The summed E-state index contributed by atoms with van der Waals surface area (Å²) in [5.41, 5.74) is 3.20. The molecule has 1 aromatic heterocycles. The van der Waals surface area contributed by atoms with E-state index in [1.54, 1.807) is 0 Å². The van der Waals surface area contributed by atoms with Crippen molar-refractivity contribution in [3.8, 4) is 0 Å². The third-order valence-electron chi connectivity index (χ3n) is 4.62. The highest BCUT2D eigenvalue weighted by molar-refractivity contribution is 5.29. The van der Waals surface area contributed by atoms with Gasteiger partial charge in [0.05, 0.1) is 12.0 Å². The first-order valence-corrected chi connectivity index (χ1v) is 8.86. The molecular formula is C19H36N2. The molecule has 0 aliphatic heterocycles. The number of nitrogens with zero attached hydrogens (tertiary/aromatic N) is 2. The number of hydrogen-bond donors (Lipinski definition) is 0. The summed E-state index contributed by atoms with van der Waals surface area (Å²) in [5.74, 6) is 0. The lowest BCUT2D eigenvalue weighted by Gasteiger charge is -2.32. The average molecular weight is 293 g/mol. The number of aryl methyl sites for hydroxylation is 1. The van der Waals surface area contributed by atoms with Crippen LogP contribution in [0, 0.1) is 0 Å². The fourth-order valence-corrected chi connectivity index (χ4v) is 3.57. The fraction of sp³-hybridized carbons (Fsp3) is 0.842. The summed E-state index contributed by atoms with van der Waals surface area (Å²) >= 11 is 0. The minimum absolute atomic E-state index is 0.173. The topological polar surface area (TPSA) is 17.8 Å². The minimum Gasteiger partial charge on any atom is -0.334 e. The molecule has 0 unspecified atom stereocenters. The van der Waals surface area contributed by atoms with E-state index in [9.17, 15) is 0 Å². The van der Waals surface area contributed by atoms with Crippen molar-refractivity contribution in [2.45, 2.75) is 104 Å². The predicted molar refractivity (Wildman–Crippen MR) is 93.0 cm³/mol. The molecule has 0 saturated heterocycles. The quantitative estimate of drug-likeness (QED) is 0.559. The highest BCUT2D eigenvalue weighted by atomic mass is 15.1. The van der Waals surface area contributed by atoms with Crippen LogP contribution >= 0.6 is 0 Å². The van der Waals surface area contributed by atoms with Crippen LogP contribution in [0.2, 0.25) is 0 Å². The molecule has 0 N–H and O–H groups in total. The van der Waals surface area contributed by atoms with Gasteiger partial charge in [-0.3, -0.25) is 0 Å². The van der Waals surface area contributed by atoms with Crippen LogP contribution in [0.4, 0.5) is 0 Å². The molecule has 0 spiro atoms. The van der Waals surface area contributed by atoms with Gasteiger partial charge in [0.2, 0.25) is 0 Å². The third-order valence-corrected chi connectivity index (χ3v) is 4.62. The van der Waals surface area contributed by atoms with Gasteiger partial charge in [-0.1, -0.05) is 67.7 Å². The van der Waals surface area contributed by atoms with Gasteiger partial charge in [0.15, 0.2) is 0 Å². The smallest absolute Gasteiger partial charge is 0.0952 e. The summed E-state index contributed by atoms with van der Waals surface area (Å²) in [6.07, 6.45) is 9.42. The molecule has 0 radical (unpaired) electrons. The van der Waals surface area contributed by atoms with Gasteiger partial charge in [0.25, 0.3) is 0 Å². The minimum atomic E-state index is 0.173. The molecule has 0 atom stereocenters. The molecule has 0 aromatic carbocycles. The maximum Gasteiger partial charge on any atom is 0.0952 e. The van der Waals surface area contributed by atoms with E-state index < -0.39 is 0 Å². The van der Waals surface area contributed by atoms with Crippen molar-refractivity contribution in [1.29, 1.82) is 0 Å². The molecule has 1 rings (SSSR count). The lowest BCUT2D eigenvalue weighted by Crippen LogP contribution is -2.28. The molecule has 1 heterocycles. The maximum atomic E-state index is 4.87. The van der Waals surface area contributed by atoms with Crippen molar-refractivity contribution >= 4 is 0 Å². The molecule has 2 nitrogen and oxygen atoms in total. The number of rotatable bonds is 9. The van der Waals surface area contributed by atoms with Gasteiger partial charge in [-0.2, -0.15) is 0 Å². The Morgan fingerprint density at radius 2 is 1.48 bits per heavy atom. The van der Waals surface area contributed by atoms with Crippen molar-refractivity contribution in [2.75, 3.05) is 0 Å². The van der Waals surface area contributed by atoms with Gasteiger partial charge < -0.3 is 4.57 Å². The Morgan fingerprint density at radius 1 is 0.905 bits per heavy atom. The lowest BCUT2D eigenvalue weighted by molar-refractivity contribution is 0.397. The van der Waals surface area contributed by atoms with Crippen LogP contribution in [0.1, 0.15) is 98.4 Å². The second-order valence-electron chi connectivity index (χ2n) is 7.76. The van der Waals surface area contributed by atoms with Crippen LogP contribution in [0.25, 0.3) is 0 Å². The van der Waals surface area contributed by atoms with Crippen molar-refractivity contribution in [1.82, 2.24) is 9.55 Å². The van der Waals surface area contributed by atoms with E-state index >= 15 is 0 Å². The summed E-state index contributed by atoms with van der Waals surface area (Å²) < 4.78 is 2.44. The van der Waals surface area contributed by atoms with E-state index in [1.807, 2.05) is 0 Å². The maximum absolute atomic E-state index is 4.87. The standard InChI is InChI=1S/C19H36N2/c1-8-11-14-21-15-20-16(18(4,5)12-9-2)17(21)19(6,7)13-10-3/h15H,8-14H2,1-7H3. The van der Waals surface area contributed by atoms with Crippen molar-refractivity contribution < 1.29 is 0 Å². The SMILES string of the molecule is CCCCn1cnc(C(C)(C)CCC)c1C(C)(C)CCC. The van der Waals surface area contributed by atoms with Gasteiger partial charge >= 0.3 is 0 Å². The molecule has 0 aliphatic carbocycles. The van der Waals surface area contributed by atoms with Gasteiger partial charge in [-0.25, -0.2) is 4.98 Å². The number of imidazole rings is 1. The summed E-state index contributed by atoms with van der Waals surface area (Å²) in [5, 5.41) is 0. The summed E-state index contributed by atoms with van der Waals surface area (Å²) in [4.78, 5) is 4.87. The molecule has 0 aliphatic rings. The van der Waals surface area contributed by atoms with Crippen LogP contribution < -0.4 is 0 Å². The van der Waals surface area contributed by atoms with Crippen LogP contribution in [-0.4, -0.2) is 9.55 Å². The number of hydrogen-bond acceptors (Lipinski definition) is 1. The van der Waals surface area contributed by atoms with E-state index in [4.69, 9.17) is 4.98 Å². The van der Waals surface area contributed by atoms with Crippen LogP contribution in [-0.2, 0) is 17.4 Å². The van der Waals surface area contributed by atoms with Crippen molar-refractivity contribution in [3.05, 3.63) is 17.7 Å². The van der Waals surface area contributed by atoms with Crippen molar-refractivity contribution in [3.63, 3.8) is 0 Å². The monoisotopic (exact) mass is 292 g/mol. The van der Waals surface area contributed by atoms with Crippen LogP contribution in [0.3, 0.4) is 0 Å². The van der Waals surface area contributed by atoms with Gasteiger partial charge in [0.1, 0.15) is 0 Å². The molecule has 0 bridgehead atoms. The lowest BCUT2D eigenvalue weighted by atomic mass is 9.75. The first-order chi connectivity index (χ1) is 9.80. The molecule has 2 heteroatoms. The van der Waals surface area contributed by atoms with E-state index in [0.29, 0.717) is 0 Å². The van der Waals surface area contributed by atoms with Gasteiger partial charge in [-0.15, -0.1) is 0 Å². The molecule has 1 aromatic rings. The first-order valence-electron chi connectivity index (χ1n) is 8.86. The Balaban J connectivity index is 3.28. The number of unbranched alkanes of at least 4 members (excludes halogenated alkanes) is 1. The average Bonchev–Trinajstić information content (AvgIpc) is 2.81. The Kier molecular flexibility index (Phi) is 6.49. The zero-order chi connectivity index (χ0) is 16.1. The van der Waals surface area contributed by atoms with Gasteiger partial charge in [-0.05, 0) is 19.3 Å². The highest BCUT2D eigenvalue weighted by Gasteiger charge is 2.34. The van der Waals surface area contributed by atoms with Crippen LogP contribution in [0.5, 0.6) is 0 Å². The number of aromatic nitrogens is 2. The van der Waals surface area contributed by atoms with Gasteiger partial charge in [0, 0.05) is 23.1 Å². The second kappa shape index (κ2) is 7.47. The van der Waals surface area contributed by atoms with Crippen molar-refractivity contribution in [2.24, 2.45) is 0 Å². The predicted octanol–water partition coefficient (Wildman–Crippen LogP) is 5.84. The Morgan fingerprint density at radius 3 is 2.00 bits per heavy atom. The highest BCUT2D eigenvalue weighted by Crippen LogP contribution is 2.38. The molecule has 21 heavy (non-hydrogen) atoms. The van der Waals surface area contributed by atoms with Crippen LogP contribution in [0.15, 0.2) is 6.33 Å². The Labute approximate surface area is 132 Å². The Bertz CT molecular complexity index is 427. The summed E-state index contributed by atoms with van der Waals surface area (Å²) in [6.45, 7) is 17.4. The molecule has 0 saturated carbocycles. The fourth-order valence-electron chi connectivity index (χ4n) is 3.57. The Hall–Kier alpha value is -0.790. The van der Waals surface area contributed by atoms with E-state index in [1.165, 1.54) is 49.9 Å². The second-order valence-corrected chi connectivity index (χ2v) is 7.76. The summed E-state index contributed by atoms with van der Waals surface area (Å²) in [7, 11) is 0. The largest absolute Gasteiger partial charge is 0.334 e. The molecule has 0 fully saturated rings. The molecule has 122 valence electrons. The first kappa shape index (κ1) is 18.3. The van der Waals surface area contributed by atoms with E-state index in [0.717, 1.165) is 6.54 Å². The zero-order valence-corrected chi connectivity index (χ0v) is 15.4. The van der Waals surface area contributed by atoms with E-state index in [-0.39, 0.29) is 10.8 Å². The third kappa shape index (κ3) is 4.34. The zero-order valence-electron chi connectivity index (χ0n) is 15.4. The summed E-state index contributed by atoms with van der Waals surface area (Å²) in [6, 6.07) is 0. The van der Waals surface area contributed by atoms with E-state index in [2.05, 4.69) is 59.4 Å². The molecule has 0 amide bonds.